The molecule has 0 amide bonds. The zero-order chi connectivity index (χ0) is 11.4. The molecule has 0 spiro atoms. The van der Waals surface area contributed by atoms with Crippen LogP contribution in [0.4, 0.5) is 0 Å². The fourth-order valence-electron chi connectivity index (χ4n) is 1.43. The molecule has 16 heavy (non-hydrogen) atoms. The van der Waals surface area contributed by atoms with Crippen molar-refractivity contribution in [3.63, 3.8) is 0 Å². The van der Waals surface area contributed by atoms with Crippen molar-refractivity contribution in [2.24, 2.45) is 0 Å². The van der Waals surface area contributed by atoms with Crippen molar-refractivity contribution in [1.29, 1.82) is 0 Å². The standard InChI is InChI=1S/C14H12O2/c15-13-8-9-14(16)12(10-13)7-6-11-4-2-1-3-5-11/h1-10,15-16H. The molecule has 0 heterocycles. The molecule has 2 N–H and O–H groups in total. The van der Waals surface area contributed by atoms with Crippen molar-refractivity contribution in [2.45, 2.75) is 0 Å². The third-order valence-corrected chi connectivity index (χ3v) is 2.27. The monoisotopic (exact) mass is 212 g/mol. The Labute approximate surface area is 94.1 Å². The predicted octanol–water partition coefficient (Wildman–Crippen LogP) is 3.27. The lowest BCUT2D eigenvalue weighted by Crippen LogP contribution is -1.75. The van der Waals surface area contributed by atoms with Crippen molar-refractivity contribution in [2.75, 3.05) is 0 Å². The van der Waals surface area contributed by atoms with Crippen LogP contribution in [0.2, 0.25) is 0 Å². The summed E-state index contributed by atoms with van der Waals surface area (Å²) in [7, 11) is 0. The Morgan fingerprint density at radius 3 is 2.31 bits per heavy atom. The molecule has 0 atom stereocenters. The first-order valence-corrected chi connectivity index (χ1v) is 5.01. The summed E-state index contributed by atoms with van der Waals surface area (Å²) >= 11 is 0. The first-order chi connectivity index (χ1) is 7.75. The summed E-state index contributed by atoms with van der Waals surface area (Å²) in [5.41, 5.74) is 1.65. The predicted molar refractivity (Wildman–Crippen MR) is 65.1 cm³/mol. The van der Waals surface area contributed by atoms with Gasteiger partial charge in [-0.05, 0) is 23.8 Å². The molecule has 0 aliphatic carbocycles. The van der Waals surface area contributed by atoms with Gasteiger partial charge in [-0.25, -0.2) is 0 Å². The number of phenolic OH excluding ortho intramolecular Hbond substituents is 2. The number of benzene rings is 2. The van der Waals surface area contributed by atoms with Crippen LogP contribution < -0.4 is 0 Å². The van der Waals surface area contributed by atoms with Gasteiger partial charge in [0.05, 0.1) is 0 Å². The second kappa shape index (κ2) is 4.53. The molecule has 0 aliphatic heterocycles. The van der Waals surface area contributed by atoms with E-state index in [-0.39, 0.29) is 11.5 Å². The lowest BCUT2D eigenvalue weighted by atomic mass is 10.1. The Morgan fingerprint density at radius 2 is 1.56 bits per heavy atom. The first-order valence-electron chi connectivity index (χ1n) is 5.01. The van der Waals surface area contributed by atoms with E-state index in [0.29, 0.717) is 5.56 Å². The molecule has 0 saturated carbocycles. The summed E-state index contributed by atoms with van der Waals surface area (Å²) in [6.45, 7) is 0. The number of aromatic hydroxyl groups is 2. The maximum atomic E-state index is 9.55. The average Bonchev–Trinajstić information content (AvgIpc) is 2.32. The van der Waals surface area contributed by atoms with E-state index in [2.05, 4.69) is 0 Å². The highest BCUT2D eigenvalue weighted by atomic mass is 16.3. The van der Waals surface area contributed by atoms with Gasteiger partial charge in [0.15, 0.2) is 0 Å². The Bertz CT molecular complexity index is 501. The second-order valence-electron chi connectivity index (χ2n) is 3.49. The molecule has 0 bridgehead atoms. The molecule has 2 aromatic carbocycles. The van der Waals surface area contributed by atoms with E-state index in [1.165, 1.54) is 18.2 Å². The van der Waals surface area contributed by atoms with E-state index in [0.717, 1.165) is 5.56 Å². The lowest BCUT2D eigenvalue weighted by molar-refractivity contribution is 0.459. The van der Waals surface area contributed by atoms with Gasteiger partial charge in [-0.15, -0.1) is 0 Å². The van der Waals surface area contributed by atoms with Crippen LogP contribution in [0.5, 0.6) is 11.5 Å². The van der Waals surface area contributed by atoms with Gasteiger partial charge in [0, 0.05) is 5.56 Å². The lowest BCUT2D eigenvalue weighted by Gasteiger charge is -1.99. The van der Waals surface area contributed by atoms with Gasteiger partial charge in [-0.3, -0.25) is 0 Å². The molecule has 2 aromatic rings. The van der Waals surface area contributed by atoms with Crippen LogP contribution in [0.1, 0.15) is 11.1 Å². The number of hydrogen-bond acceptors (Lipinski definition) is 2. The fourth-order valence-corrected chi connectivity index (χ4v) is 1.43. The zero-order valence-electron chi connectivity index (χ0n) is 8.67. The molecule has 80 valence electrons. The highest BCUT2D eigenvalue weighted by Gasteiger charge is 1.97. The van der Waals surface area contributed by atoms with Gasteiger partial charge in [0.1, 0.15) is 11.5 Å². The largest absolute Gasteiger partial charge is 0.508 e. The molecular formula is C14H12O2. The minimum Gasteiger partial charge on any atom is -0.508 e. The molecular weight excluding hydrogens is 200 g/mol. The average molecular weight is 212 g/mol. The number of rotatable bonds is 2. The van der Waals surface area contributed by atoms with Crippen molar-refractivity contribution >= 4 is 12.2 Å². The SMILES string of the molecule is Oc1ccc(O)c(C=Cc2ccccc2)c1. The smallest absolute Gasteiger partial charge is 0.123 e. The van der Waals surface area contributed by atoms with Crippen LogP contribution in [0, 0.1) is 0 Å². The van der Waals surface area contributed by atoms with Crippen molar-refractivity contribution in [1.82, 2.24) is 0 Å². The van der Waals surface area contributed by atoms with Gasteiger partial charge in [-0.1, -0.05) is 42.5 Å². The Hall–Kier alpha value is -2.22. The van der Waals surface area contributed by atoms with Crippen LogP contribution in [-0.4, -0.2) is 10.2 Å². The number of phenols is 2. The summed E-state index contributed by atoms with van der Waals surface area (Å²) in [5.74, 6) is 0.301. The van der Waals surface area contributed by atoms with Crippen LogP contribution in [0.15, 0.2) is 48.5 Å². The minimum atomic E-state index is 0.144. The first kappa shape index (κ1) is 10.3. The maximum absolute atomic E-state index is 9.55. The topological polar surface area (TPSA) is 40.5 Å². The normalized spacial score (nSPS) is 10.8. The van der Waals surface area contributed by atoms with Crippen molar-refractivity contribution in [3.8, 4) is 11.5 Å². The molecule has 0 radical (unpaired) electrons. The Balaban J connectivity index is 2.27. The minimum absolute atomic E-state index is 0.144. The van der Waals surface area contributed by atoms with Crippen LogP contribution in [0.3, 0.4) is 0 Å². The second-order valence-corrected chi connectivity index (χ2v) is 3.49. The highest BCUT2D eigenvalue weighted by Crippen LogP contribution is 2.23. The quantitative estimate of drug-likeness (QED) is 0.592. The molecule has 2 nitrogen and oxygen atoms in total. The Morgan fingerprint density at radius 1 is 0.812 bits per heavy atom. The van der Waals surface area contributed by atoms with Gasteiger partial charge in [-0.2, -0.15) is 0 Å². The summed E-state index contributed by atoms with van der Waals surface area (Å²) in [6.07, 6.45) is 3.65. The van der Waals surface area contributed by atoms with Crippen molar-refractivity contribution < 1.29 is 10.2 Å². The summed E-state index contributed by atoms with van der Waals surface area (Å²) in [6, 6.07) is 14.2. The van der Waals surface area contributed by atoms with Crippen LogP contribution in [-0.2, 0) is 0 Å². The zero-order valence-corrected chi connectivity index (χ0v) is 8.67. The molecule has 0 aliphatic rings. The molecule has 2 rings (SSSR count). The van der Waals surface area contributed by atoms with Crippen LogP contribution >= 0.6 is 0 Å². The highest BCUT2D eigenvalue weighted by molar-refractivity contribution is 5.72. The summed E-state index contributed by atoms with van der Waals surface area (Å²) in [4.78, 5) is 0. The van der Waals surface area contributed by atoms with Crippen LogP contribution in [0.25, 0.3) is 12.2 Å². The van der Waals surface area contributed by atoms with E-state index in [1.54, 1.807) is 6.08 Å². The van der Waals surface area contributed by atoms with Gasteiger partial charge >= 0.3 is 0 Å². The summed E-state index contributed by atoms with van der Waals surface area (Å²) in [5, 5.41) is 18.8. The summed E-state index contributed by atoms with van der Waals surface area (Å²) < 4.78 is 0. The van der Waals surface area contributed by atoms with Gasteiger partial charge < -0.3 is 10.2 Å². The van der Waals surface area contributed by atoms with E-state index >= 15 is 0 Å². The third-order valence-electron chi connectivity index (χ3n) is 2.27. The number of hydrogen-bond donors (Lipinski definition) is 2. The maximum Gasteiger partial charge on any atom is 0.123 e. The van der Waals surface area contributed by atoms with Gasteiger partial charge in [0.2, 0.25) is 0 Å². The molecule has 0 saturated heterocycles. The fraction of sp³-hybridized carbons (Fsp3) is 0. The Kier molecular flexibility index (Phi) is 2.92. The molecule has 0 fully saturated rings. The molecule has 0 unspecified atom stereocenters. The van der Waals surface area contributed by atoms with Crippen molar-refractivity contribution in [3.05, 3.63) is 59.7 Å². The van der Waals surface area contributed by atoms with E-state index < -0.39 is 0 Å². The third kappa shape index (κ3) is 2.42. The molecule has 2 heteroatoms. The molecule has 0 aromatic heterocycles. The van der Waals surface area contributed by atoms with Gasteiger partial charge in [0.25, 0.3) is 0 Å². The van der Waals surface area contributed by atoms with E-state index in [1.807, 2.05) is 36.4 Å². The van der Waals surface area contributed by atoms with E-state index in [4.69, 9.17) is 0 Å². The van der Waals surface area contributed by atoms with E-state index in [9.17, 15) is 10.2 Å².